The number of hydrogen-bond acceptors (Lipinski definition) is 8. The molecule has 0 fully saturated rings. The van der Waals surface area contributed by atoms with Crippen molar-refractivity contribution < 1.29 is 23.3 Å². The van der Waals surface area contributed by atoms with Crippen molar-refractivity contribution in [3.8, 4) is 11.3 Å². The first-order valence-corrected chi connectivity index (χ1v) is 14.2. The Bertz CT molecular complexity index is 1160. The van der Waals surface area contributed by atoms with Gasteiger partial charge in [-0.15, -0.1) is 0 Å². The number of nitrogens with one attached hydrogen (secondary N) is 2. The predicted octanol–water partition coefficient (Wildman–Crippen LogP) is 4.74. The number of amides is 1. The van der Waals surface area contributed by atoms with E-state index in [0.29, 0.717) is 6.42 Å². The SMILES string of the molecule is CC(C)(C)OC(=O)N[C@@H](CCS(=N)(=O)CCC(C)(C)n1ncc(-c2ccccc2)n1)C(=O)OC(C)(C)C. The fraction of sp³-hybridized carbons (Fsp3) is 0.615. The van der Waals surface area contributed by atoms with Crippen LogP contribution in [0.3, 0.4) is 0 Å². The molecule has 2 aromatic rings. The Morgan fingerprint density at radius 2 is 1.59 bits per heavy atom. The molecule has 1 aromatic carbocycles. The van der Waals surface area contributed by atoms with E-state index in [4.69, 9.17) is 14.3 Å². The third-order valence-electron chi connectivity index (χ3n) is 5.26. The van der Waals surface area contributed by atoms with Crippen molar-refractivity contribution in [1.82, 2.24) is 20.3 Å². The Balaban J connectivity index is 2.04. The molecule has 1 amide bonds. The van der Waals surface area contributed by atoms with Crippen molar-refractivity contribution >= 4 is 21.8 Å². The molecule has 2 atom stereocenters. The van der Waals surface area contributed by atoms with Crippen LogP contribution >= 0.6 is 0 Å². The van der Waals surface area contributed by atoms with Crippen molar-refractivity contribution in [2.45, 2.75) is 91.0 Å². The number of carbonyl (C=O) groups is 2. The molecule has 0 radical (unpaired) electrons. The van der Waals surface area contributed by atoms with Crippen LogP contribution in [0.2, 0.25) is 0 Å². The van der Waals surface area contributed by atoms with Gasteiger partial charge in [0, 0.05) is 26.8 Å². The van der Waals surface area contributed by atoms with Gasteiger partial charge in [-0.25, -0.2) is 13.8 Å². The van der Waals surface area contributed by atoms with Gasteiger partial charge in [-0.3, -0.25) is 4.78 Å². The Morgan fingerprint density at radius 3 is 2.16 bits per heavy atom. The van der Waals surface area contributed by atoms with Gasteiger partial charge < -0.3 is 14.8 Å². The summed E-state index contributed by atoms with van der Waals surface area (Å²) in [5.41, 5.74) is -0.436. The number of benzene rings is 1. The molecule has 0 spiro atoms. The number of alkyl carbamates (subject to hydrolysis) is 1. The average molecular weight is 536 g/mol. The molecule has 1 heterocycles. The number of nitrogens with zero attached hydrogens (tertiary/aromatic N) is 3. The third-order valence-corrected chi connectivity index (χ3v) is 7.02. The first kappa shape index (κ1) is 30.3. The van der Waals surface area contributed by atoms with E-state index in [9.17, 15) is 13.8 Å². The van der Waals surface area contributed by atoms with E-state index in [0.717, 1.165) is 11.3 Å². The molecular weight excluding hydrogens is 494 g/mol. The van der Waals surface area contributed by atoms with Crippen LogP contribution in [-0.4, -0.2) is 60.0 Å². The van der Waals surface area contributed by atoms with E-state index < -0.39 is 44.6 Å². The number of carbonyl (C=O) groups excluding carboxylic acids is 2. The first-order chi connectivity index (χ1) is 16.9. The summed E-state index contributed by atoms with van der Waals surface area (Å²) < 4.78 is 32.3. The zero-order valence-electron chi connectivity index (χ0n) is 23.2. The second-order valence-corrected chi connectivity index (χ2v) is 14.1. The van der Waals surface area contributed by atoms with Crippen molar-refractivity contribution in [1.29, 1.82) is 4.78 Å². The van der Waals surface area contributed by atoms with E-state index in [1.165, 1.54) is 0 Å². The van der Waals surface area contributed by atoms with Crippen LogP contribution in [0.4, 0.5) is 4.79 Å². The highest BCUT2D eigenvalue weighted by Gasteiger charge is 2.30. The summed E-state index contributed by atoms with van der Waals surface area (Å²) in [5, 5.41) is 11.5. The summed E-state index contributed by atoms with van der Waals surface area (Å²) in [4.78, 5) is 26.6. The van der Waals surface area contributed by atoms with Crippen molar-refractivity contribution in [3.63, 3.8) is 0 Å². The van der Waals surface area contributed by atoms with Gasteiger partial charge in [-0.2, -0.15) is 15.0 Å². The molecule has 0 saturated carbocycles. The minimum atomic E-state index is -3.08. The van der Waals surface area contributed by atoms with E-state index in [-0.39, 0.29) is 17.9 Å². The number of ether oxygens (including phenoxy) is 2. The van der Waals surface area contributed by atoms with Gasteiger partial charge in [0.2, 0.25) is 0 Å². The predicted molar refractivity (Wildman–Crippen MR) is 144 cm³/mol. The van der Waals surface area contributed by atoms with Crippen molar-refractivity contribution in [2.75, 3.05) is 11.5 Å². The van der Waals surface area contributed by atoms with Crippen LogP contribution in [0, 0.1) is 4.78 Å². The van der Waals surface area contributed by atoms with Gasteiger partial charge in [0.1, 0.15) is 22.9 Å². The Morgan fingerprint density at radius 1 is 1.00 bits per heavy atom. The maximum Gasteiger partial charge on any atom is 0.408 e. The van der Waals surface area contributed by atoms with Crippen LogP contribution < -0.4 is 5.32 Å². The first-order valence-electron chi connectivity index (χ1n) is 12.3. The standard InChI is InChI=1S/C26H41N5O5S/c1-24(2,3)35-22(32)20(29-23(33)36-25(4,5)6)14-16-37(27,34)17-15-26(7,8)31-28-18-21(30-31)19-12-10-9-11-13-19/h9-13,18,20,27H,14-17H2,1-8H3,(H,29,33)/t20-,37?/m0/s1. The zero-order valence-corrected chi connectivity index (χ0v) is 24.0. The molecule has 1 aromatic heterocycles. The Kier molecular flexibility index (Phi) is 9.51. The van der Waals surface area contributed by atoms with Crippen LogP contribution in [0.25, 0.3) is 11.3 Å². The second-order valence-electron chi connectivity index (χ2n) is 11.7. The molecule has 0 aliphatic heterocycles. The van der Waals surface area contributed by atoms with Crippen LogP contribution in [0.15, 0.2) is 36.5 Å². The zero-order chi connectivity index (χ0) is 28.1. The van der Waals surface area contributed by atoms with E-state index in [2.05, 4.69) is 15.5 Å². The highest BCUT2D eigenvalue weighted by molar-refractivity contribution is 7.92. The highest BCUT2D eigenvalue weighted by atomic mass is 32.2. The minimum absolute atomic E-state index is 0.0188. The average Bonchev–Trinajstić information content (AvgIpc) is 3.25. The lowest BCUT2D eigenvalue weighted by atomic mass is 10.0. The molecular formula is C26H41N5O5S. The van der Waals surface area contributed by atoms with E-state index >= 15 is 0 Å². The van der Waals surface area contributed by atoms with Gasteiger partial charge in [-0.05, 0) is 68.2 Å². The van der Waals surface area contributed by atoms with Gasteiger partial charge in [0.25, 0.3) is 0 Å². The molecule has 0 aliphatic rings. The molecule has 1 unspecified atom stereocenters. The lowest BCUT2D eigenvalue weighted by Crippen LogP contribution is -2.46. The summed E-state index contributed by atoms with van der Waals surface area (Å²) in [6.45, 7) is 14.1. The highest BCUT2D eigenvalue weighted by Crippen LogP contribution is 2.23. The van der Waals surface area contributed by atoms with Crippen LogP contribution in [0.5, 0.6) is 0 Å². The second kappa shape index (κ2) is 11.6. The van der Waals surface area contributed by atoms with E-state index in [1.54, 1.807) is 52.5 Å². The Hall–Kier alpha value is -2.95. The third kappa shape index (κ3) is 10.5. The number of aromatic nitrogens is 3. The molecule has 2 N–H and O–H groups in total. The normalized spacial score (nSPS) is 14.9. The number of hydrogen-bond donors (Lipinski definition) is 2. The lowest BCUT2D eigenvalue weighted by molar-refractivity contribution is -0.157. The van der Waals surface area contributed by atoms with Crippen LogP contribution in [-0.2, 0) is 29.5 Å². The molecule has 2 rings (SSSR count). The number of rotatable bonds is 10. The van der Waals surface area contributed by atoms with Gasteiger partial charge in [-0.1, -0.05) is 30.3 Å². The smallest absolute Gasteiger partial charge is 0.408 e. The molecule has 37 heavy (non-hydrogen) atoms. The molecule has 10 nitrogen and oxygen atoms in total. The molecule has 0 bridgehead atoms. The van der Waals surface area contributed by atoms with E-state index in [1.807, 2.05) is 44.2 Å². The fourth-order valence-corrected chi connectivity index (χ4v) is 4.94. The summed E-state index contributed by atoms with van der Waals surface area (Å²) in [6.07, 6.45) is 1.27. The number of esters is 1. The van der Waals surface area contributed by atoms with Gasteiger partial charge >= 0.3 is 12.1 Å². The summed E-state index contributed by atoms with van der Waals surface area (Å²) >= 11 is 0. The summed E-state index contributed by atoms with van der Waals surface area (Å²) in [5.74, 6) is -0.677. The maximum absolute atomic E-state index is 13.1. The molecule has 11 heteroatoms. The molecule has 0 aliphatic carbocycles. The monoisotopic (exact) mass is 535 g/mol. The lowest BCUT2D eigenvalue weighted by Gasteiger charge is -2.27. The molecule has 206 valence electrons. The Labute approximate surface area is 220 Å². The van der Waals surface area contributed by atoms with Gasteiger partial charge in [0.15, 0.2) is 0 Å². The molecule has 0 saturated heterocycles. The minimum Gasteiger partial charge on any atom is -0.458 e. The fourth-order valence-electron chi connectivity index (χ4n) is 3.29. The van der Waals surface area contributed by atoms with Crippen molar-refractivity contribution in [2.24, 2.45) is 0 Å². The van der Waals surface area contributed by atoms with Crippen LogP contribution in [0.1, 0.15) is 68.2 Å². The quantitative estimate of drug-likeness (QED) is 0.419. The summed E-state index contributed by atoms with van der Waals surface area (Å²) in [7, 11) is -3.08. The maximum atomic E-state index is 13.1. The van der Waals surface area contributed by atoms with Gasteiger partial charge in [0.05, 0.1) is 11.7 Å². The topological polar surface area (TPSA) is 136 Å². The largest absolute Gasteiger partial charge is 0.458 e. The summed E-state index contributed by atoms with van der Waals surface area (Å²) in [6, 6.07) is 8.59. The van der Waals surface area contributed by atoms with Crippen molar-refractivity contribution in [3.05, 3.63) is 36.5 Å².